The summed E-state index contributed by atoms with van der Waals surface area (Å²) in [6, 6.07) is 0. The minimum atomic E-state index is 0.833. The summed E-state index contributed by atoms with van der Waals surface area (Å²) in [5.41, 5.74) is 0. The van der Waals surface area contributed by atoms with Gasteiger partial charge in [0.05, 0.1) is 0 Å². The van der Waals surface area contributed by atoms with Gasteiger partial charge in [-0.2, -0.15) is 0 Å². The van der Waals surface area contributed by atoms with E-state index in [1.807, 2.05) is 0 Å². The lowest BCUT2D eigenvalue weighted by molar-refractivity contribution is 0.203. The van der Waals surface area contributed by atoms with Crippen molar-refractivity contribution in [1.29, 1.82) is 0 Å². The molecule has 0 bridgehead atoms. The first-order valence-electron chi connectivity index (χ1n) is 6.04. The lowest BCUT2D eigenvalue weighted by Gasteiger charge is -2.35. The molecule has 2 aliphatic carbocycles. The van der Waals surface area contributed by atoms with Gasteiger partial charge in [0.1, 0.15) is 0 Å². The topological polar surface area (TPSA) is 0 Å². The molecule has 2 fully saturated rings. The fourth-order valence-corrected chi connectivity index (χ4v) is 4.35. The molecule has 2 heteroatoms. The molecule has 0 aliphatic heterocycles. The zero-order valence-corrected chi connectivity index (χ0v) is 12.5. The van der Waals surface area contributed by atoms with Gasteiger partial charge in [-0.1, -0.05) is 38.5 Å². The van der Waals surface area contributed by atoms with Crippen molar-refractivity contribution in [3.05, 3.63) is 0 Å². The van der Waals surface area contributed by atoms with Crippen molar-refractivity contribution in [3.8, 4) is 0 Å². The summed E-state index contributed by atoms with van der Waals surface area (Å²) in [6.45, 7) is 0. The molecule has 0 saturated heterocycles. The molecular formula is C12H20BrI. The fourth-order valence-electron chi connectivity index (χ4n) is 3.10. The van der Waals surface area contributed by atoms with E-state index in [0.717, 1.165) is 20.6 Å². The first-order valence-corrected chi connectivity index (χ1v) is 8.20. The van der Waals surface area contributed by atoms with Crippen molar-refractivity contribution in [2.45, 2.75) is 60.1 Å². The van der Waals surface area contributed by atoms with Gasteiger partial charge >= 0.3 is 0 Å². The smallest absolute Gasteiger partial charge is 0.0146 e. The van der Waals surface area contributed by atoms with Gasteiger partial charge in [-0.25, -0.2) is 0 Å². The molecule has 0 N–H and O–H groups in total. The van der Waals surface area contributed by atoms with Gasteiger partial charge in [0.15, 0.2) is 0 Å². The highest BCUT2D eigenvalue weighted by atomic mass is 127. The Labute approximate surface area is 110 Å². The Kier molecular flexibility index (Phi) is 4.60. The van der Waals surface area contributed by atoms with Crippen molar-refractivity contribution in [3.63, 3.8) is 0 Å². The van der Waals surface area contributed by atoms with Crippen LogP contribution in [0.1, 0.15) is 51.4 Å². The Bertz CT molecular complexity index is 147. The van der Waals surface area contributed by atoms with Gasteiger partial charge in [0, 0.05) is 8.75 Å². The maximum Gasteiger partial charge on any atom is 0.0146 e. The third-order valence-electron chi connectivity index (χ3n) is 4.07. The SMILES string of the molecule is BrC1CCC(C2CCC(I)CC2)CC1. The average molecular weight is 371 g/mol. The highest BCUT2D eigenvalue weighted by Gasteiger charge is 2.29. The number of hydrogen-bond donors (Lipinski definition) is 0. The lowest BCUT2D eigenvalue weighted by Crippen LogP contribution is -2.25. The van der Waals surface area contributed by atoms with Crippen LogP contribution in [-0.4, -0.2) is 8.75 Å². The van der Waals surface area contributed by atoms with E-state index in [-0.39, 0.29) is 0 Å². The average Bonchev–Trinajstić information content (AvgIpc) is 2.21. The van der Waals surface area contributed by atoms with Crippen LogP contribution >= 0.6 is 38.5 Å². The molecule has 2 rings (SSSR count). The summed E-state index contributed by atoms with van der Waals surface area (Å²) in [6.07, 6.45) is 11.8. The minimum Gasteiger partial charge on any atom is -0.0891 e. The molecule has 0 radical (unpaired) electrons. The lowest BCUT2D eigenvalue weighted by atomic mass is 9.73. The quantitative estimate of drug-likeness (QED) is 0.453. The molecule has 0 spiro atoms. The van der Waals surface area contributed by atoms with Crippen LogP contribution in [-0.2, 0) is 0 Å². The van der Waals surface area contributed by atoms with Crippen LogP contribution in [0.3, 0.4) is 0 Å². The van der Waals surface area contributed by atoms with Crippen LogP contribution in [0.4, 0.5) is 0 Å². The van der Waals surface area contributed by atoms with E-state index in [1.165, 1.54) is 51.4 Å². The summed E-state index contributed by atoms with van der Waals surface area (Å²) in [4.78, 5) is 0.833. The second-order valence-electron chi connectivity index (χ2n) is 5.02. The largest absolute Gasteiger partial charge is 0.0891 e. The van der Waals surface area contributed by atoms with Crippen molar-refractivity contribution >= 4 is 38.5 Å². The Balaban J connectivity index is 1.78. The van der Waals surface area contributed by atoms with Crippen LogP contribution < -0.4 is 0 Å². The van der Waals surface area contributed by atoms with Crippen LogP contribution in [0.25, 0.3) is 0 Å². The molecule has 0 aromatic carbocycles. The van der Waals surface area contributed by atoms with Gasteiger partial charge in [0.25, 0.3) is 0 Å². The van der Waals surface area contributed by atoms with Gasteiger partial charge in [-0.3, -0.25) is 0 Å². The number of rotatable bonds is 1. The predicted molar refractivity (Wildman–Crippen MR) is 74.4 cm³/mol. The van der Waals surface area contributed by atoms with E-state index in [1.54, 1.807) is 0 Å². The zero-order chi connectivity index (χ0) is 9.97. The van der Waals surface area contributed by atoms with Crippen LogP contribution in [0.15, 0.2) is 0 Å². The zero-order valence-electron chi connectivity index (χ0n) is 8.72. The van der Waals surface area contributed by atoms with Crippen LogP contribution in [0.2, 0.25) is 0 Å². The van der Waals surface area contributed by atoms with Gasteiger partial charge < -0.3 is 0 Å². The Morgan fingerprint density at radius 2 is 1.14 bits per heavy atom. The molecule has 2 aliphatic rings. The first kappa shape index (κ1) is 11.7. The van der Waals surface area contributed by atoms with Crippen molar-refractivity contribution in [2.24, 2.45) is 11.8 Å². The summed E-state index contributed by atoms with van der Waals surface area (Å²) in [7, 11) is 0. The van der Waals surface area contributed by atoms with E-state index in [9.17, 15) is 0 Å². The van der Waals surface area contributed by atoms with Crippen molar-refractivity contribution in [1.82, 2.24) is 0 Å². The molecular weight excluding hydrogens is 351 g/mol. The summed E-state index contributed by atoms with van der Waals surface area (Å²) < 4.78 is 0.983. The summed E-state index contributed by atoms with van der Waals surface area (Å²) in [5, 5.41) is 0. The second-order valence-corrected chi connectivity index (χ2v) is 8.08. The molecule has 0 amide bonds. The maximum absolute atomic E-state index is 3.75. The molecule has 0 atom stereocenters. The first-order chi connectivity index (χ1) is 6.75. The standard InChI is InChI=1S/C12H20BrI/c13-11-5-1-9(2-6-11)10-3-7-12(14)8-4-10/h9-12H,1-8H2. The van der Waals surface area contributed by atoms with Gasteiger partial charge in [-0.05, 0) is 63.2 Å². The normalized spacial score (nSPS) is 45.0. The van der Waals surface area contributed by atoms with Crippen LogP contribution in [0.5, 0.6) is 0 Å². The molecule has 0 nitrogen and oxygen atoms in total. The van der Waals surface area contributed by atoms with Crippen molar-refractivity contribution < 1.29 is 0 Å². The minimum absolute atomic E-state index is 0.833. The summed E-state index contributed by atoms with van der Waals surface area (Å²) in [5.74, 6) is 2.16. The Morgan fingerprint density at radius 3 is 1.64 bits per heavy atom. The fraction of sp³-hybridized carbons (Fsp3) is 1.00. The highest BCUT2D eigenvalue weighted by molar-refractivity contribution is 14.1. The summed E-state index contributed by atoms with van der Waals surface area (Å²) >= 11 is 6.38. The van der Waals surface area contributed by atoms with Gasteiger partial charge in [-0.15, -0.1) is 0 Å². The van der Waals surface area contributed by atoms with E-state index in [2.05, 4.69) is 38.5 Å². The third-order valence-corrected chi connectivity index (χ3v) is 6.23. The molecule has 0 unspecified atom stereocenters. The molecule has 82 valence electrons. The Morgan fingerprint density at radius 1 is 0.714 bits per heavy atom. The van der Waals surface area contributed by atoms with Gasteiger partial charge in [0.2, 0.25) is 0 Å². The van der Waals surface area contributed by atoms with E-state index in [4.69, 9.17) is 0 Å². The molecule has 0 aromatic heterocycles. The number of alkyl halides is 2. The van der Waals surface area contributed by atoms with E-state index in [0.29, 0.717) is 0 Å². The highest BCUT2D eigenvalue weighted by Crippen LogP contribution is 2.40. The predicted octanol–water partition coefficient (Wildman–Crippen LogP) is 4.93. The van der Waals surface area contributed by atoms with E-state index >= 15 is 0 Å². The molecule has 0 heterocycles. The second kappa shape index (κ2) is 5.51. The Hall–Kier alpha value is 1.21. The molecule has 2 saturated carbocycles. The van der Waals surface area contributed by atoms with Crippen molar-refractivity contribution in [2.75, 3.05) is 0 Å². The third kappa shape index (κ3) is 3.10. The number of halogens is 2. The van der Waals surface area contributed by atoms with E-state index < -0.39 is 0 Å². The molecule has 0 aromatic rings. The maximum atomic E-state index is 3.75. The number of hydrogen-bond acceptors (Lipinski definition) is 0. The molecule has 14 heavy (non-hydrogen) atoms. The van der Waals surface area contributed by atoms with Crippen LogP contribution in [0, 0.1) is 11.8 Å². The monoisotopic (exact) mass is 370 g/mol.